The van der Waals surface area contributed by atoms with E-state index in [9.17, 15) is 0 Å². The maximum atomic E-state index is 5.41. The molecule has 0 spiro atoms. The van der Waals surface area contributed by atoms with Crippen LogP contribution in [-0.4, -0.2) is 47.4 Å². The third-order valence-corrected chi connectivity index (χ3v) is 3.88. The molecule has 26 heavy (non-hydrogen) atoms. The Morgan fingerprint density at radius 1 is 1.12 bits per heavy atom. The molecule has 3 aromatic rings. The molecule has 0 saturated heterocycles. The fourth-order valence-electron chi connectivity index (χ4n) is 2.35. The molecule has 2 aromatic heterocycles. The second kappa shape index (κ2) is 7.79. The van der Waals surface area contributed by atoms with Gasteiger partial charge in [0, 0.05) is 29.6 Å². The summed E-state index contributed by atoms with van der Waals surface area (Å²) in [4.78, 5) is 4.10. The molecule has 1 N–H and O–H groups in total. The van der Waals surface area contributed by atoms with E-state index in [1.54, 1.807) is 52.1 Å². The summed E-state index contributed by atoms with van der Waals surface area (Å²) >= 11 is 5.27. The Morgan fingerprint density at radius 3 is 2.50 bits per heavy atom. The van der Waals surface area contributed by atoms with Crippen molar-refractivity contribution >= 4 is 18.4 Å². The Labute approximate surface area is 155 Å². The molecule has 0 amide bonds. The number of pyridine rings is 1. The summed E-state index contributed by atoms with van der Waals surface area (Å²) in [6, 6.07) is 7.20. The van der Waals surface area contributed by atoms with Gasteiger partial charge in [-0.15, -0.1) is 0 Å². The highest BCUT2D eigenvalue weighted by Gasteiger charge is 2.12. The second-order valence-electron chi connectivity index (χ2n) is 5.10. The zero-order valence-electron chi connectivity index (χ0n) is 14.5. The van der Waals surface area contributed by atoms with Crippen molar-refractivity contribution in [3.63, 3.8) is 0 Å². The van der Waals surface area contributed by atoms with Crippen LogP contribution in [0.1, 0.15) is 5.56 Å². The highest BCUT2D eigenvalue weighted by molar-refractivity contribution is 7.71. The van der Waals surface area contributed by atoms with Crippen LogP contribution in [0.4, 0.5) is 0 Å². The van der Waals surface area contributed by atoms with Crippen molar-refractivity contribution in [2.24, 2.45) is 5.10 Å². The van der Waals surface area contributed by atoms with Gasteiger partial charge in [0.1, 0.15) is 5.75 Å². The molecule has 0 aliphatic rings. The standard InChI is InChI=1S/C17H17N5O3S/c1-23-13-8-15(25-3)14(24-2)7-12(13)10-19-22-16(20-21-17(22)26)11-5-4-6-18-9-11/h4-10H,1-3H3,(H,21,26). The Kier molecular flexibility index (Phi) is 5.28. The van der Waals surface area contributed by atoms with Crippen LogP contribution in [0, 0.1) is 4.77 Å². The Morgan fingerprint density at radius 2 is 1.85 bits per heavy atom. The van der Waals surface area contributed by atoms with Gasteiger partial charge in [0.25, 0.3) is 0 Å². The molecular formula is C17H17N5O3S. The van der Waals surface area contributed by atoms with Gasteiger partial charge in [-0.25, -0.2) is 5.10 Å². The van der Waals surface area contributed by atoms with Crippen molar-refractivity contribution < 1.29 is 14.2 Å². The van der Waals surface area contributed by atoms with Crippen LogP contribution in [-0.2, 0) is 0 Å². The van der Waals surface area contributed by atoms with E-state index in [0.29, 0.717) is 33.4 Å². The quantitative estimate of drug-likeness (QED) is 0.530. The molecule has 134 valence electrons. The zero-order chi connectivity index (χ0) is 18.5. The minimum atomic E-state index is 0.361. The van der Waals surface area contributed by atoms with Crippen molar-refractivity contribution in [3.8, 4) is 28.6 Å². The molecule has 0 aliphatic heterocycles. The lowest BCUT2D eigenvalue weighted by molar-refractivity contribution is 0.349. The van der Waals surface area contributed by atoms with Crippen LogP contribution in [0.15, 0.2) is 41.8 Å². The molecule has 0 saturated carbocycles. The largest absolute Gasteiger partial charge is 0.496 e. The van der Waals surface area contributed by atoms with Gasteiger partial charge in [-0.1, -0.05) is 0 Å². The number of methoxy groups -OCH3 is 3. The van der Waals surface area contributed by atoms with Gasteiger partial charge in [0.2, 0.25) is 4.77 Å². The number of benzene rings is 1. The summed E-state index contributed by atoms with van der Waals surface area (Å²) < 4.78 is 17.9. The van der Waals surface area contributed by atoms with E-state index in [-0.39, 0.29) is 0 Å². The smallest absolute Gasteiger partial charge is 0.216 e. The molecule has 8 nitrogen and oxygen atoms in total. The van der Waals surface area contributed by atoms with Crippen molar-refractivity contribution in [2.75, 3.05) is 21.3 Å². The average Bonchev–Trinajstić information content (AvgIpc) is 3.06. The first kappa shape index (κ1) is 17.6. The zero-order valence-corrected chi connectivity index (χ0v) is 15.3. The summed E-state index contributed by atoms with van der Waals surface area (Å²) in [7, 11) is 4.71. The first-order valence-corrected chi connectivity index (χ1v) is 8.01. The maximum absolute atomic E-state index is 5.41. The lowest BCUT2D eigenvalue weighted by Crippen LogP contribution is -1.99. The Balaban J connectivity index is 2.04. The molecule has 2 heterocycles. The summed E-state index contributed by atoms with van der Waals surface area (Å²) in [5.74, 6) is 2.28. The molecule has 1 aromatic carbocycles. The van der Waals surface area contributed by atoms with E-state index in [2.05, 4.69) is 20.3 Å². The second-order valence-corrected chi connectivity index (χ2v) is 5.49. The van der Waals surface area contributed by atoms with Crippen molar-refractivity contribution in [3.05, 3.63) is 47.0 Å². The lowest BCUT2D eigenvalue weighted by Gasteiger charge is -2.11. The van der Waals surface area contributed by atoms with Gasteiger partial charge in [-0.2, -0.15) is 14.9 Å². The van der Waals surface area contributed by atoms with Gasteiger partial charge in [-0.3, -0.25) is 4.98 Å². The number of rotatable bonds is 6. The predicted octanol–water partition coefficient (Wildman–Crippen LogP) is 2.91. The van der Waals surface area contributed by atoms with Gasteiger partial charge in [0.15, 0.2) is 17.3 Å². The molecule has 9 heteroatoms. The Hall–Kier alpha value is -3.20. The number of aromatic amines is 1. The molecule has 0 radical (unpaired) electrons. The number of ether oxygens (including phenoxy) is 3. The van der Waals surface area contributed by atoms with Gasteiger partial charge in [-0.05, 0) is 30.4 Å². The first-order valence-electron chi connectivity index (χ1n) is 7.60. The van der Waals surface area contributed by atoms with Crippen molar-refractivity contribution in [2.45, 2.75) is 0 Å². The summed E-state index contributed by atoms with van der Waals surface area (Å²) in [5.41, 5.74) is 1.49. The topological polar surface area (TPSA) is 86.5 Å². The normalized spacial score (nSPS) is 10.9. The van der Waals surface area contributed by atoms with E-state index in [0.717, 1.165) is 5.56 Å². The van der Waals surface area contributed by atoms with E-state index in [4.69, 9.17) is 26.4 Å². The molecule has 3 rings (SSSR count). The monoisotopic (exact) mass is 371 g/mol. The van der Waals surface area contributed by atoms with Crippen LogP contribution >= 0.6 is 12.2 Å². The first-order chi connectivity index (χ1) is 12.7. The van der Waals surface area contributed by atoms with Crippen molar-refractivity contribution in [1.82, 2.24) is 19.9 Å². The highest BCUT2D eigenvalue weighted by atomic mass is 32.1. The van der Waals surface area contributed by atoms with Crippen molar-refractivity contribution in [1.29, 1.82) is 0 Å². The van der Waals surface area contributed by atoms with E-state index < -0.39 is 0 Å². The van der Waals surface area contributed by atoms with Crippen LogP contribution in [0.25, 0.3) is 11.4 Å². The molecule has 0 unspecified atom stereocenters. The number of aromatic nitrogens is 4. The van der Waals surface area contributed by atoms with Crippen LogP contribution in [0.2, 0.25) is 0 Å². The summed E-state index contributed by atoms with van der Waals surface area (Å²) in [6.45, 7) is 0. The minimum absolute atomic E-state index is 0.361. The fraction of sp³-hybridized carbons (Fsp3) is 0.176. The Bertz CT molecular complexity index is 982. The molecule has 0 bridgehead atoms. The van der Waals surface area contributed by atoms with E-state index >= 15 is 0 Å². The van der Waals surface area contributed by atoms with Gasteiger partial charge in [0.05, 0.1) is 27.5 Å². The van der Waals surface area contributed by atoms with E-state index in [1.807, 2.05) is 12.1 Å². The average molecular weight is 371 g/mol. The number of nitrogens with zero attached hydrogens (tertiary/aromatic N) is 4. The number of hydrogen-bond donors (Lipinski definition) is 1. The number of hydrogen-bond acceptors (Lipinski definition) is 7. The van der Waals surface area contributed by atoms with Gasteiger partial charge >= 0.3 is 0 Å². The minimum Gasteiger partial charge on any atom is -0.496 e. The fourth-order valence-corrected chi connectivity index (χ4v) is 2.53. The van der Waals surface area contributed by atoms with E-state index in [1.165, 1.54) is 4.68 Å². The molecular weight excluding hydrogens is 354 g/mol. The lowest BCUT2D eigenvalue weighted by atomic mass is 10.2. The predicted molar refractivity (Wildman–Crippen MR) is 99.7 cm³/mol. The molecule has 0 fully saturated rings. The number of H-pyrrole nitrogens is 1. The van der Waals surface area contributed by atoms with Gasteiger partial charge < -0.3 is 14.2 Å². The molecule has 0 aliphatic carbocycles. The SMILES string of the molecule is COc1cc(OC)c(OC)cc1C=Nn1c(-c2cccnc2)n[nH]c1=S. The third-order valence-electron chi connectivity index (χ3n) is 3.62. The third kappa shape index (κ3) is 3.42. The van der Waals surface area contributed by atoms with Crippen LogP contribution in [0.3, 0.4) is 0 Å². The van der Waals surface area contributed by atoms with Crippen LogP contribution < -0.4 is 14.2 Å². The highest BCUT2D eigenvalue weighted by Crippen LogP contribution is 2.33. The maximum Gasteiger partial charge on any atom is 0.216 e. The summed E-state index contributed by atoms with van der Waals surface area (Å²) in [5, 5.41) is 11.4. The molecule has 0 atom stereocenters. The summed E-state index contributed by atoms with van der Waals surface area (Å²) in [6.07, 6.45) is 4.99. The number of nitrogens with one attached hydrogen (secondary N) is 1. The van der Waals surface area contributed by atoms with Crippen LogP contribution in [0.5, 0.6) is 17.2 Å².